The quantitative estimate of drug-likeness (QED) is 0.429. The Morgan fingerprint density at radius 1 is 1.33 bits per heavy atom. The Morgan fingerprint density at radius 2 is 1.67 bits per heavy atom. The molecular weight excluding hydrogens is 198 g/mol. The molecule has 0 aliphatic carbocycles. The minimum atomic E-state index is -1.50. The molecule has 1 heterocycles. The topological polar surface area (TPSA) is 69.9 Å². The van der Waals surface area contributed by atoms with Crippen LogP contribution in [-0.2, 0) is 0 Å². The molecule has 84 valence electrons. The van der Waals surface area contributed by atoms with E-state index >= 15 is 0 Å². The van der Waals surface area contributed by atoms with Crippen LogP contribution in [0.2, 0.25) is 0 Å². The standard InChI is InChI=1S/C9H14N2.HNO3/c1-3-5-10-7-8-11(9-10)6-4-2;2-1(3)4/h3-4,7-8H,1-2,5-6,9H2;(H,2,3,4). The molecule has 0 aromatic carbocycles. The Hall–Kier alpha value is -1.98. The molecule has 0 bridgehead atoms. The molecule has 0 radical (unpaired) electrons. The maximum Gasteiger partial charge on any atom is 0.291 e. The second-order valence-corrected chi connectivity index (χ2v) is 2.80. The lowest BCUT2D eigenvalue weighted by atomic mass is 10.5. The minimum absolute atomic E-state index is 0.921. The highest BCUT2D eigenvalue weighted by atomic mass is 16.9. The second kappa shape index (κ2) is 7.43. The van der Waals surface area contributed by atoms with Gasteiger partial charge < -0.3 is 15.0 Å². The molecule has 1 aliphatic heterocycles. The number of nitrogens with zero attached hydrogens (tertiary/aromatic N) is 3. The van der Waals surface area contributed by atoms with Crippen LogP contribution in [0.25, 0.3) is 0 Å². The molecule has 0 aromatic rings. The van der Waals surface area contributed by atoms with Crippen molar-refractivity contribution in [2.45, 2.75) is 0 Å². The fraction of sp³-hybridized carbons (Fsp3) is 0.333. The van der Waals surface area contributed by atoms with E-state index in [1.807, 2.05) is 12.2 Å². The van der Waals surface area contributed by atoms with Gasteiger partial charge in [-0.15, -0.1) is 23.3 Å². The second-order valence-electron chi connectivity index (χ2n) is 2.80. The molecule has 6 heteroatoms. The van der Waals surface area contributed by atoms with E-state index in [2.05, 4.69) is 35.4 Å². The smallest absolute Gasteiger partial charge is 0.291 e. The van der Waals surface area contributed by atoms with Gasteiger partial charge in [0.25, 0.3) is 5.09 Å². The van der Waals surface area contributed by atoms with Crippen molar-refractivity contribution in [3.05, 3.63) is 47.8 Å². The van der Waals surface area contributed by atoms with Crippen LogP contribution in [0.15, 0.2) is 37.7 Å². The first-order valence-corrected chi connectivity index (χ1v) is 4.31. The van der Waals surface area contributed by atoms with E-state index in [-0.39, 0.29) is 0 Å². The highest BCUT2D eigenvalue weighted by Crippen LogP contribution is 2.04. The summed E-state index contributed by atoms with van der Waals surface area (Å²) < 4.78 is 0. The lowest BCUT2D eigenvalue weighted by molar-refractivity contribution is -0.742. The lowest BCUT2D eigenvalue weighted by Crippen LogP contribution is -2.25. The van der Waals surface area contributed by atoms with Gasteiger partial charge in [0.05, 0.1) is 6.67 Å². The average Bonchev–Trinajstić information content (AvgIpc) is 2.53. The molecule has 6 nitrogen and oxygen atoms in total. The van der Waals surface area contributed by atoms with Gasteiger partial charge in [0.15, 0.2) is 0 Å². The Kier molecular flexibility index (Phi) is 6.45. The summed E-state index contributed by atoms with van der Waals surface area (Å²) in [6, 6.07) is 0. The van der Waals surface area contributed by atoms with E-state index in [4.69, 9.17) is 15.3 Å². The number of hydrogen-bond acceptors (Lipinski definition) is 4. The molecule has 1 N–H and O–H groups in total. The maximum absolute atomic E-state index is 8.36. The van der Waals surface area contributed by atoms with Crippen LogP contribution in [0.4, 0.5) is 0 Å². The molecule has 1 rings (SSSR count). The van der Waals surface area contributed by atoms with Gasteiger partial charge in [-0.05, 0) is 0 Å². The summed E-state index contributed by atoms with van der Waals surface area (Å²) in [5.74, 6) is 0. The molecule has 0 unspecified atom stereocenters. The highest BCUT2D eigenvalue weighted by Gasteiger charge is 2.07. The molecule has 0 aromatic heterocycles. The van der Waals surface area contributed by atoms with Gasteiger partial charge in [-0.3, -0.25) is 0 Å². The molecule has 0 amide bonds. The predicted octanol–water partition coefficient (Wildman–Crippen LogP) is 1.06. The van der Waals surface area contributed by atoms with E-state index in [1.165, 1.54) is 0 Å². The molecule has 15 heavy (non-hydrogen) atoms. The van der Waals surface area contributed by atoms with Crippen LogP contribution in [-0.4, -0.2) is 39.9 Å². The third-order valence-electron chi connectivity index (χ3n) is 1.58. The zero-order valence-electron chi connectivity index (χ0n) is 8.45. The van der Waals surface area contributed by atoms with E-state index in [9.17, 15) is 0 Å². The summed E-state index contributed by atoms with van der Waals surface area (Å²) in [4.78, 5) is 12.7. The van der Waals surface area contributed by atoms with E-state index in [1.54, 1.807) is 0 Å². The molecule has 0 saturated carbocycles. The Morgan fingerprint density at radius 3 is 1.93 bits per heavy atom. The third kappa shape index (κ3) is 7.12. The van der Waals surface area contributed by atoms with Crippen molar-refractivity contribution >= 4 is 0 Å². The van der Waals surface area contributed by atoms with Gasteiger partial charge >= 0.3 is 0 Å². The highest BCUT2D eigenvalue weighted by molar-refractivity contribution is 4.95. The molecular formula is C9H15N3O3. The zero-order chi connectivity index (χ0) is 11.7. The Bertz CT molecular complexity index is 231. The number of hydrogen-bond donors (Lipinski definition) is 1. The van der Waals surface area contributed by atoms with Gasteiger partial charge in [0.2, 0.25) is 0 Å². The van der Waals surface area contributed by atoms with Crippen molar-refractivity contribution < 1.29 is 10.3 Å². The van der Waals surface area contributed by atoms with E-state index in [0.717, 1.165) is 19.8 Å². The first kappa shape index (κ1) is 13.0. The van der Waals surface area contributed by atoms with Gasteiger partial charge in [-0.25, -0.2) is 0 Å². The van der Waals surface area contributed by atoms with Crippen molar-refractivity contribution in [1.82, 2.24) is 9.80 Å². The summed E-state index contributed by atoms with van der Waals surface area (Å²) in [6.07, 6.45) is 7.96. The number of rotatable bonds is 4. The van der Waals surface area contributed by atoms with Crippen molar-refractivity contribution in [3.8, 4) is 0 Å². The third-order valence-corrected chi connectivity index (χ3v) is 1.58. The van der Waals surface area contributed by atoms with Crippen LogP contribution in [0.5, 0.6) is 0 Å². The zero-order valence-corrected chi connectivity index (χ0v) is 8.45. The first-order valence-electron chi connectivity index (χ1n) is 4.31. The van der Waals surface area contributed by atoms with Gasteiger partial charge in [-0.1, -0.05) is 12.2 Å². The predicted molar refractivity (Wildman–Crippen MR) is 56.6 cm³/mol. The van der Waals surface area contributed by atoms with Crippen molar-refractivity contribution in [2.75, 3.05) is 19.8 Å². The van der Waals surface area contributed by atoms with E-state index in [0.29, 0.717) is 0 Å². The molecule has 1 aliphatic rings. The molecule has 0 fully saturated rings. The van der Waals surface area contributed by atoms with Crippen LogP contribution < -0.4 is 0 Å². The van der Waals surface area contributed by atoms with Crippen molar-refractivity contribution in [2.24, 2.45) is 0 Å². The summed E-state index contributed by atoms with van der Waals surface area (Å²) >= 11 is 0. The van der Waals surface area contributed by atoms with Crippen LogP contribution in [0, 0.1) is 10.1 Å². The molecule has 0 atom stereocenters. The minimum Gasteiger partial charge on any atom is -0.355 e. The summed E-state index contributed by atoms with van der Waals surface area (Å²) in [5, 5.41) is 13.6. The summed E-state index contributed by atoms with van der Waals surface area (Å²) in [6.45, 7) is 10.2. The first-order chi connectivity index (χ1) is 7.10. The molecule has 0 spiro atoms. The van der Waals surface area contributed by atoms with Gasteiger partial charge in [-0.2, -0.15) is 0 Å². The van der Waals surface area contributed by atoms with Crippen LogP contribution in [0.3, 0.4) is 0 Å². The summed E-state index contributed by atoms with van der Waals surface area (Å²) in [5.41, 5.74) is 0. The normalized spacial score (nSPS) is 13.1. The van der Waals surface area contributed by atoms with Crippen LogP contribution >= 0.6 is 0 Å². The van der Waals surface area contributed by atoms with Gasteiger partial charge in [0, 0.05) is 25.5 Å². The fourth-order valence-corrected chi connectivity index (χ4v) is 1.08. The Balaban J connectivity index is 0.000000423. The molecule has 0 saturated heterocycles. The summed E-state index contributed by atoms with van der Waals surface area (Å²) in [7, 11) is 0. The average molecular weight is 213 g/mol. The Labute approximate surface area is 88.5 Å². The maximum atomic E-state index is 8.36. The van der Waals surface area contributed by atoms with Gasteiger partial charge in [0.1, 0.15) is 0 Å². The monoisotopic (exact) mass is 213 g/mol. The lowest BCUT2D eigenvalue weighted by Gasteiger charge is -2.18. The SMILES string of the molecule is C=CCN1C=CN(CC=C)C1.O=[N+]([O-])O. The van der Waals surface area contributed by atoms with Crippen molar-refractivity contribution in [3.63, 3.8) is 0 Å². The fourth-order valence-electron chi connectivity index (χ4n) is 1.08. The largest absolute Gasteiger partial charge is 0.355 e. The van der Waals surface area contributed by atoms with Crippen molar-refractivity contribution in [1.29, 1.82) is 0 Å². The van der Waals surface area contributed by atoms with E-state index < -0.39 is 5.09 Å². The van der Waals surface area contributed by atoms with Crippen LogP contribution in [0.1, 0.15) is 0 Å².